The molecule has 0 aliphatic rings. The number of hydrogen-bond acceptors (Lipinski definition) is 5. The lowest BCUT2D eigenvalue weighted by Gasteiger charge is -2.02. The number of anilines is 1. The molecule has 0 spiro atoms. The van der Waals surface area contributed by atoms with E-state index in [2.05, 4.69) is 15.6 Å². The van der Waals surface area contributed by atoms with Gasteiger partial charge in [-0.1, -0.05) is 17.7 Å². The van der Waals surface area contributed by atoms with Crippen LogP contribution in [0.4, 0.5) is 5.69 Å². The zero-order valence-corrected chi connectivity index (χ0v) is 10.5. The quantitative estimate of drug-likeness (QED) is 0.684. The number of nitrogens with one attached hydrogen (secondary N) is 1. The van der Waals surface area contributed by atoms with Crippen LogP contribution in [0, 0.1) is 0 Å². The fourth-order valence-corrected chi connectivity index (χ4v) is 1.92. The third-order valence-electron chi connectivity index (χ3n) is 2.00. The van der Waals surface area contributed by atoms with Gasteiger partial charge in [0, 0.05) is 11.9 Å². The Morgan fingerprint density at radius 3 is 3.18 bits per heavy atom. The summed E-state index contributed by atoms with van der Waals surface area (Å²) in [5.41, 5.74) is 2.72. The van der Waals surface area contributed by atoms with Gasteiger partial charge in [0.15, 0.2) is 0 Å². The van der Waals surface area contributed by atoms with Crippen LogP contribution in [0.5, 0.6) is 0 Å². The summed E-state index contributed by atoms with van der Waals surface area (Å²) in [7, 11) is 1.53. The Morgan fingerprint density at radius 1 is 1.65 bits per heavy atom. The van der Waals surface area contributed by atoms with E-state index in [0.29, 0.717) is 5.69 Å². The molecule has 0 amide bonds. The maximum absolute atomic E-state index is 11.5. The maximum Gasteiger partial charge on any atom is 0.287 e. The summed E-state index contributed by atoms with van der Waals surface area (Å²) in [5.74, 6) is 0. The van der Waals surface area contributed by atoms with Crippen LogP contribution in [0.1, 0.15) is 4.88 Å². The fraction of sp³-hybridized carbons (Fsp3) is 0.100. The highest BCUT2D eigenvalue weighted by Gasteiger charge is 2.05. The largest absolute Gasteiger partial charge is 0.287 e. The molecule has 0 radical (unpaired) electrons. The summed E-state index contributed by atoms with van der Waals surface area (Å²) in [6.45, 7) is 0. The molecule has 2 rings (SSSR count). The zero-order valence-electron chi connectivity index (χ0n) is 8.92. The molecule has 0 atom stereocenters. The van der Waals surface area contributed by atoms with E-state index in [1.807, 2.05) is 17.5 Å². The van der Waals surface area contributed by atoms with Crippen LogP contribution in [-0.2, 0) is 7.05 Å². The third-order valence-corrected chi connectivity index (χ3v) is 3.17. The second-order valence-electron chi connectivity index (χ2n) is 3.19. The Balaban J connectivity index is 2.15. The van der Waals surface area contributed by atoms with Crippen LogP contribution < -0.4 is 11.0 Å². The van der Waals surface area contributed by atoms with Gasteiger partial charge in [-0.2, -0.15) is 10.2 Å². The van der Waals surface area contributed by atoms with Crippen molar-refractivity contribution in [2.75, 3.05) is 5.43 Å². The molecule has 0 saturated carbocycles. The van der Waals surface area contributed by atoms with Gasteiger partial charge in [-0.25, -0.2) is 4.68 Å². The molecule has 0 aliphatic carbocycles. The normalized spacial score (nSPS) is 10.9. The van der Waals surface area contributed by atoms with E-state index < -0.39 is 0 Å². The minimum atomic E-state index is -0.358. The van der Waals surface area contributed by atoms with Crippen molar-refractivity contribution in [2.45, 2.75) is 0 Å². The Kier molecular flexibility index (Phi) is 3.55. The smallest absolute Gasteiger partial charge is 0.275 e. The first kappa shape index (κ1) is 11.8. The molecule has 1 N–H and O–H groups in total. The molecular weight excluding hydrogens is 260 g/mol. The summed E-state index contributed by atoms with van der Waals surface area (Å²) >= 11 is 7.42. The van der Waals surface area contributed by atoms with Gasteiger partial charge in [-0.05, 0) is 11.4 Å². The number of thiophene rings is 1. The third kappa shape index (κ3) is 2.72. The summed E-state index contributed by atoms with van der Waals surface area (Å²) in [6, 6.07) is 3.86. The highest BCUT2D eigenvalue weighted by Crippen LogP contribution is 2.14. The molecule has 0 bridgehead atoms. The van der Waals surface area contributed by atoms with Gasteiger partial charge in [0.1, 0.15) is 10.7 Å². The standard InChI is InChI=1S/C10H9ClN4OS/c1-15-10(16)9(11)8(6-13-15)14-12-5-7-3-2-4-17-7/h2-6,14H,1H3/b12-5-. The molecule has 0 aliphatic heterocycles. The fourth-order valence-electron chi connectivity index (χ4n) is 1.12. The number of halogens is 1. The van der Waals surface area contributed by atoms with Gasteiger partial charge >= 0.3 is 0 Å². The van der Waals surface area contributed by atoms with E-state index in [-0.39, 0.29) is 10.6 Å². The van der Waals surface area contributed by atoms with E-state index in [9.17, 15) is 4.79 Å². The Hall–Kier alpha value is -1.66. The second kappa shape index (κ2) is 5.11. The van der Waals surface area contributed by atoms with Crippen LogP contribution in [-0.4, -0.2) is 16.0 Å². The molecule has 2 heterocycles. The average molecular weight is 269 g/mol. The van der Waals surface area contributed by atoms with Crippen molar-refractivity contribution in [3.05, 3.63) is 44.0 Å². The van der Waals surface area contributed by atoms with Gasteiger partial charge in [0.25, 0.3) is 5.56 Å². The summed E-state index contributed by atoms with van der Waals surface area (Å²) < 4.78 is 1.16. The minimum Gasteiger partial charge on any atom is -0.275 e. The highest BCUT2D eigenvalue weighted by atomic mass is 35.5. The van der Waals surface area contributed by atoms with E-state index in [1.165, 1.54) is 13.2 Å². The molecule has 0 saturated heterocycles. The molecule has 0 unspecified atom stereocenters. The van der Waals surface area contributed by atoms with Gasteiger partial charge in [0.05, 0.1) is 12.4 Å². The lowest BCUT2D eigenvalue weighted by molar-refractivity contribution is 0.708. The summed E-state index contributed by atoms with van der Waals surface area (Å²) in [6.07, 6.45) is 3.11. The highest BCUT2D eigenvalue weighted by molar-refractivity contribution is 7.11. The molecule has 5 nitrogen and oxygen atoms in total. The van der Waals surface area contributed by atoms with Crippen molar-refractivity contribution >= 4 is 34.8 Å². The monoisotopic (exact) mass is 268 g/mol. The van der Waals surface area contributed by atoms with Crippen LogP contribution in [0.2, 0.25) is 5.02 Å². The maximum atomic E-state index is 11.5. The van der Waals surface area contributed by atoms with Gasteiger partial charge in [-0.3, -0.25) is 10.2 Å². The van der Waals surface area contributed by atoms with Gasteiger partial charge < -0.3 is 0 Å². The lowest BCUT2D eigenvalue weighted by Crippen LogP contribution is -2.20. The predicted molar refractivity (Wildman–Crippen MR) is 70.0 cm³/mol. The summed E-state index contributed by atoms with van der Waals surface area (Å²) in [5, 5.41) is 9.85. The number of hydrazone groups is 1. The van der Waals surface area contributed by atoms with Crippen LogP contribution in [0.3, 0.4) is 0 Å². The van der Waals surface area contributed by atoms with Crippen LogP contribution >= 0.6 is 22.9 Å². The number of aromatic nitrogens is 2. The van der Waals surface area contributed by atoms with E-state index in [0.717, 1.165) is 9.56 Å². The predicted octanol–water partition coefficient (Wildman–Crippen LogP) is 1.94. The summed E-state index contributed by atoms with van der Waals surface area (Å²) in [4.78, 5) is 12.5. The van der Waals surface area contributed by atoms with E-state index in [4.69, 9.17) is 11.6 Å². The van der Waals surface area contributed by atoms with Crippen LogP contribution in [0.15, 0.2) is 33.6 Å². The topological polar surface area (TPSA) is 59.3 Å². The van der Waals surface area contributed by atoms with Crippen molar-refractivity contribution in [3.63, 3.8) is 0 Å². The molecule has 2 aromatic heterocycles. The van der Waals surface area contributed by atoms with E-state index >= 15 is 0 Å². The number of aryl methyl sites for hydroxylation is 1. The van der Waals surface area contributed by atoms with Crippen molar-refractivity contribution in [1.82, 2.24) is 9.78 Å². The molecule has 7 heteroatoms. The van der Waals surface area contributed by atoms with Crippen molar-refractivity contribution in [3.8, 4) is 0 Å². The Labute approximate surface area is 106 Å². The Bertz CT molecular complexity index is 591. The SMILES string of the molecule is Cn1ncc(N/N=C\c2cccs2)c(Cl)c1=O. The average Bonchev–Trinajstić information content (AvgIpc) is 2.82. The van der Waals surface area contributed by atoms with Gasteiger partial charge in [0.2, 0.25) is 0 Å². The lowest BCUT2D eigenvalue weighted by atomic mass is 10.5. The van der Waals surface area contributed by atoms with Crippen molar-refractivity contribution in [1.29, 1.82) is 0 Å². The first-order valence-electron chi connectivity index (χ1n) is 4.73. The second-order valence-corrected chi connectivity index (χ2v) is 4.54. The van der Waals surface area contributed by atoms with E-state index in [1.54, 1.807) is 17.6 Å². The number of nitrogens with zero attached hydrogens (tertiary/aromatic N) is 3. The molecule has 17 heavy (non-hydrogen) atoms. The van der Waals surface area contributed by atoms with Crippen molar-refractivity contribution < 1.29 is 0 Å². The molecule has 88 valence electrons. The molecule has 0 fully saturated rings. The Morgan fingerprint density at radius 2 is 2.47 bits per heavy atom. The molecule has 2 aromatic rings. The molecule has 0 aromatic carbocycles. The van der Waals surface area contributed by atoms with Gasteiger partial charge in [-0.15, -0.1) is 11.3 Å². The molecular formula is C10H9ClN4OS. The number of hydrogen-bond donors (Lipinski definition) is 1. The zero-order chi connectivity index (χ0) is 12.3. The first-order chi connectivity index (χ1) is 8.18. The minimum absolute atomic E-state index is 0.0748. The van der Waals surface area contributed by atoms with Crippen LogP contribution in [0.25, 0.3) is 0 Å². The first-order valence-corrected chi connectivity index (χ1v) is 5.98. The number of rotatable bonds is 3. The van der Waals surface area contributed by atoms with Crippen molar-refractivity contribution in [2.24, 2.45) is 12.1 Å².